The summed E-state index contributed by atoms with van der Waals surface area (Å²) in [6.07, 6.45) is 11.1. The van der Waals surface area contributed by atoms with E-state index in [1.54, 1.807) is 0 Å². The topological polar surface area (TPSA) is 99.9 Å². The van der Waals surface area contributed by atoms with Gasteiger partial charge in [0.1, 0.15) is 30.5 Å². The van der Waals surface area contributed by atoms with Crippen LogP contribution in [0.25, 0.3) is 0 Å². The first-order chi connectivity index (χ1) is 37.1. The average Bonchev–Trinajstić information content (AvgIpc) is 3.46. The van der Waals surface area contributed by atoms with Gasteiger partial charge in [0.25, 0.3) is 0 Å². The van der Waals surface area contributed by atoms with Crippen LogP contribution in [-0.4, -0.2) is 62.2 Å². The Kier molecular flexibility index (Phi) is 26.6. The molecule has 1 heterocycles. The van der Waals surface area contributed by atoms with Crippen molar-refractivity contribution in [2.24, 2.45) is 5.73 Å². The summed E-state index contributed by atoms with van der Waals surface area (Å²) in [5.41, 5.74) is 13.7. The fourth-order valence-corrected chi connectivity index (χ4v) is 9.76. The summed E-state index contributed by atoms with van der Waals surface area (Å²) in [6.45, 7) is 4.83. The van der Waals surface area contributed by atoms with Crippen molar-refractivity contribution in [1.82, 2.24) is 0 Å². The van der Waals surface area contributed by atoms with Crippen LogP contribution in [-0.2, 0) is 77.5 Å². The van der Waals surface area contributed by atoms with Gasteiger partial charge in [-0.15, -0.1) is 0 Å². The van der Waals surface area contributed by atoms with Gasteiger partial charge in [0, 0.05) is 0 Å². The Labute approximate surface area is 449 Å². The second kappa shape index (κ2) is 34.6. The van der Waals surface area contributed by atoms with E-state index in [1.165, 1.54) is 64.2 Å². The molecule has 7 rings (SSSR count). The molecule has 6 aromatic rings. The first-order valence-electron chi connectivity index (χ1n) is 28.0. The van der Waals surface area contributed by atoms with Crippen LogP contribution < -0.4 is 5.73 Å². The van der Waals surface area contributed by atoms with E-state index >= 15 is 0 Å². The average molecular weight is 1020 g/mol. The molecule has 9 heteroatoms. The first-order valence-corrected chi connectivity index (χ1v) is 28.0. The number of hydrogen-bond donors (Lipinski definition) is 1. The Morgan fingerprint density at radius 1 is 0.413 bits per heavy atom. The minimum atomic E-state index is -0.980. The molecule has 0 aromatic heterocycles. The third-order valence-electron chi connectivity index (χ3n) is 14.0. The molecule has 8 atom stereocenters. The maximum atomic E-state index is 7.49. The fourth-order valence-electron chi connectivity index (χ4n) is 9.76. The molecule has 2 N–H and O–H groups in total. The summed E-state index contributed by atoms with van der Waals surface area (Å²) in [4.78, 5) is 0. The second-order valence-electron chi connectivity index (χ2n) is 20.1. The molecule has 0 saturated carbocycles. The molecule has 0 bridgehead atoms. The number of ether oxygens (including phenoxy) is 8. The lowest BCUT2D eigenvalue weighted by Gasteiger charge is -2.47. The Morgan fingerprint density at radius 2 is 0.787 bits per heavy atom. The normalized spacial score (nSPS) is 18.9. The van der Waals surface area contributed by atoms with E-state index in [-0.39, 0.29) is 19.8 Å². The molecule has 0 aliphatic carbocycles. The molecule has 0 spiro atoms. The highest BCUT2D eigenvalue weighted by Gasteiger charge is 2.51. The van der Waals surface area contributed by atoms with E-state index in [4.69, 9.17) is 43.6 Å². The molecule has 1 fully saturated rings. The summed E-state index contributed by atoms with van der Waals surface area (Å²) < 4.78 is 55.9. The monoisotopic (exact) mass is 1020 g/mol. The largest absolute Gasteiger partial charge is 0.375 e. The van der Waals surface area contributed by atoms with Crippen molar-refractivity contribution >= 4 is 0 Å². The summed E-state index contributed by atoms with van der Waals surface area (Å²) >= 11 is 0. The van der Waals surface area contributed by atoms with Crippen molar-refractivity contribution < 1.29 is 37.9 Å². The number of unbranched alkanes of at least 4 members (excludes halogenated alkanes) is 11. The highest BCUT2D eigenvalue weighted by Crippen LogP contribution is 2.34. The number of hydrogen-bond acceptors (Lipinski definition) is 9. The zero-order chi connectivity index (χ0) is 51.8. The summed E-state index contributed by atoms with van der Waals surface area (Å²) in [7, 11) is 0. The molecular formula is C66H85NO8. The highest BCUT2D eigenvalue weighted by atomic mass is 16.7. The summed E-state index contributed by atoms with van der Waals surface area (Å²) in [6, 6.07) is 60.7. The van der Waals surface area contributed by atoms with Gasteiger partial charge in [-0.1, -0.05) is 266 Å². The Balaban J connectivity index is 1.19. The van der Waals surface area contributed by atoms with Gasteiger partial charge >= 0.3 is 0 Å². The van der Waals surface area contributed by atoms with E-state index in [2.05, 4.69) is 79.7 Å². The van der Waals surface area contributed by atoms with Crippen LogP contribution in [0.2, 0.25) is 0 Å². The lowest BCUT2D eigenvalue weighted by Crippen LogP contribution is -2.63. The van der Waals surface area contributed by atoms with Crippen LogP contribution >= 0.6 is 0 Å². The van der Waals surface area contributed by atoms with Gasteiger partial charge in [-0.2, -0.15) is 0 Å². The third-order valence-corrected chi connectivity index (χ3v) is 14.0. The van der Waals surface area contributed by atoms with Gasteiger partial charge in [0.2, 0.25) is 0 Å². The van der Waals surface area contributed by atoms with Gasteiger partial charge in [-0.25, -0.2) is 0 Å². The molecule has 1 saturated heterocycles. The standard InChI is InChI=1S/C66H85NO8/c1-2-3-4-5-6-7-8-9-10-11-12-31-44-60(70-47-55-36-23-15-24-37-55)62(59(67)51-68-45-53-32-19-13-20-33-53)75-66-65(73-50-58-42-29-18-30-43-58)64(72-49-57-40-27-17-28-41-57)63(71-48-56-38-25-16-26-39-56)61(74-66)52-69-46-54-34-21-14-22-35-54/h13-30,32-43,59-66H,2-12,31,44-52,67H2,1H3/t59-,60+,61+,62+,63+,64-,65+,66-/m0/s1. The van der Waals surface area contributed by atoms with E-state index in [9.17, 15) is 0 Å². The molecule has 1 aliphatic heterocycles. The van der Waals surface area contributed by atoms with Gasteiger partial charge in [-0.3, -0.25) is 0 Å². The van der Waals surface area contributed by atoms with Gasteiger partial charge < -0.3 is 43.6 Å². The minimum Gasteiger partial charge on any atom is -0.375 e. The predicted molar refractivity (Wildman–Crippen MR) is 299 cm³/mol. The lowest BCUT2D eigenvalue weighted by atomic mass is 9.96. The molecule has 6 aromatic carbocycles. The number of rotatable bonds is 37. The second-order valence-corrected chi connectivity index (χ2v) is 20.1. The van der Waals surface area contributed by atoms with Crippen LogP contribution in [0.15, 0.2) is 182 Å². The van der Waals surface area contributed by atoms with Crippen molar-refractivity contribution in [2.75, 3.05) is 13.2 Å². The predicted octanol–water partition coefficient (Wildman–Crippen LogP) is 14.3. The third kappa shape index (κ3) is 21.1. The molecule has 75 heavy (non-hydrogen) atoms. The zero-order valence-electron chi connectivity index (χ0n) is 44.6. The van der Waals surface area contributed by atoms with Crippen LogP contribution in [0.5, 0.6) is 0 Å². The molecular weight excluding hydrogens is 935 g/mol. The van der Waals surface area contributed by atoms with Crippen molar-refractivity contribution in [3.05, 3.63) is 215 Å². The van der Waals surface area contributed by atoms with E-state index in [1.807, 2.05) is 109 Å². The van der Waals surface area contributed by atoms with E-state index < -0.39 is 49.0 Å². The van der Waals surface area contributed by atoms with Crippen molar-refractivity contribution in [2.45, 2.75) is 179 Å². The lowest BCUT2D eigenvalue weighted by molar-refractivity contribution is -0.343. The molecule has 0 amide bonds. The molecule has 0 unspecified atom stereocenters. The van der Waals surface area contributed by atoms with E-state index in [0.717, 1.165) is 52.6 Å². The fraction of sp³-hybridized carbons (Fsp3) is 0.455. The molecule has 0 radical (unpaired) electrons. The van der Waals surface area contributed by atoms with Gasteiger partial charge in [-0.05, 0) is 39.8 Å². The number of nitrogens with two attached hydrogens (primary N) is 1. The Hall–Kier alpha value is -5.04. The molecule has 402 valence electrons. The minimum absolute atomic E-state index is 0.203. The van der Waals surface area contributed by atoms with Crippen LogP contribution in [0.3, 0.4) is 0 Å². The Bertz CT molecular complexity index is 2310. The molecule has 1 aliphatic rings. The van der Waals surface area contributed by atoms with Crippen molar-refractivity contribution in [1.29, 1.82) is 0 Å². The van der Waals surface area contributed by atoms with Gasteiger partial charge in [0.05, 0.1) is 65.0 Å². The maximum absolute atomic E-state index is 7.49. The van der Waals surface area contributed by atoms with Crippen molar-refractivity contribution in [3.8, 4) is 0 Å². The number of benzene rings is 6. The van der Waals surface area contributed by atoms with Crippen LogP contribution in [0.4, 0.5) is 0 Å². The van der Waals surface area contributed by atoms with Gasteiger partial charge in [0.15, 0.2) is 6.29 Å². The Morgan fingerprint density at radius 3 is 1.24 bits per heavy atom. The quantitative estimate of drug-likeness (QED) is 0.0382. The maximum Gasteiger partial charge on any atom is 0.187 e. The summed E-state index contributed by atoms with van der Waals surface area (Å²) in [5.74, 6) is 0. The van der Waals surface area contributed by atoms with E-state index in [0.29, 0.717) is 33.0 Å². The smallest absolute Gasteiger partial charge is 0.187 e. The highest BCUT2D eigenvalue weighted by molar-refractivity contribution is 5.18. The van der Waals surface area contributed by atoms with Crippen LogP contribution in [0, 0.1) is 0 Å². The van der Waals surface area contributed by atoms with Crippen LogP contribution in [0.1, 0.15) is 124 Å². The molecule has 9 nitrogen and oxygen atoms in total. The zero-order valence-corrected chi connectivity index (χ0v) is 44.6. The SMILES string of the molecule is CCCCCCCCCCCCCC[C@@H](OCc1ccccc1)[C@H](O[C@@H]1O[C@H](COCc2ccccc2)[C@@H](OCc2ccccc2)[C@H](OCc2ccccc2)[C@H]1OCc1ccccc1)[C@@H](N)COCc1ccccc1. The van der Waals surface area contributed by atoms with Crippen molar-refractivity contribution in [3.63, 3.8) is 0 Å². The first kappa shape index (κ1) is 57.7. The summed E-state index contributed by atoms with van der Waals surface area (Å²) in [5, 5.41) is 0.